The smallest absolute Gasteiger partial charge is 0.238 e. The van der Waals surface area contributed by atoms with Crippen LogP contribution in [0.25, 0.3) is 10.9 Å². The molecule has 0 spiro atoms. The summed E-state index contributed by atoms with van der Waals surface area (Å²) in [6, 6.07) is 9.84. The zero-order chi connectivity index (χ0) is 19.5. The molecule has 8 heteroatoms. The Labute approximate surface area is 172 Å². The van der Waals surface area contributed by atoms with Gasteiger partial charge >= 0.3 is 0 Å². The lowest BCUT2D eigenvalue weighted by atomic mass is 10.1. The maximum absolute atomic E-state index is 12.7. The molecule has 1 amide bonds. The van der Waals surface area contributed by atoms with Crippen molar-refractivity contribution in [2.45, 2.75) is 19.0 Å². The van der Waals surface area contributed by atoms with Crippen LogP contribution in [0.15, 0.2) is 42.9 Å². The van der Waals surface area contributed by atoms with E-state index in [0.717, 1.165) is 46.7 Å². The quantitative estimate of drug-likeness (QED) is 0.669. The highest BCUT2D eigenvalue weighted by molar-refractivity contribution is 7.16. The van der Waals surface area contributed by atoms with E-state index >= 15 is 0 Å². The molecule has 1 atom stereocenters. The third-order valence-electron chi connectivity index (χ3n) is 5.07. The van der Waals surface area contributed by atoms with Gasteiger partial charge in [0.15, 0.2) is 0 Å². The van der Waals surface area contributed by atoms with Crippen molar-refractivity contribution in [3.8, 4) is 0 Å². The third kappa shape index (κ3) is 4.33. The van der Waals surface area contributed by atoms with Crippen LogP contribution in [0.5, 0.6) is 0 Å². The Morgan fingerprint density at radius 2 is 2.14 bits per heavy atom. The van der Waals surface area contributed by atoms with Gasteiger partial charge in [0, 0.05) is 29.5 Å². The first-order valence-electron chi connectivity index (χ1n) is 9.31. The number of thiophene rings is 1. The number of carbonyl (C=O) groups is 1. The van der Waals surface area contributed by atoms with Crippen LogP contribution in [0.1, 0.15) is 23.0 Å². The normalized spacial score (nSPS) is 16.6. The van der Waals surface area contributed by atoms with Gasteiger partial charge in [0.05, 0.1) is 16.4 Å². The predicted molar refractivity (Wildman–Crippen MR) is 112 cm³/mol. The van der Waals surface area contributed by atoms with Gasteiger partial charge in [-0.2, -0.15) is 0 Å². The first-order valence-corrected chi connectivity index (χ1v) is 10.5. The van der Waals surface area contributed by atoms with Crippen LogP contribution in [-0.4, -0.2) is 51.9 Å². The second-order valence-electron chi connectivity index (χ2n) is 6.96. The van der Waals surface area contributed by atoms with Crippen LogP contribution in [0.3, 0.4) is 0 Å². The molecule has 3 aromatic rings. The van der Waals surface area contributed by atoms with Crippen LogP contribution in [-0.2, 0) is 11.2 Å². The number of carbonyl (C=O) groups excluding carboxylic acids is 1. The van der Waals surface area contributed by atoms with Crippen molar-refractivity contribution in [1.29, 1.82) is 0 Å². The van der Waals surface area contributed by atoms with Crippen molar-refractivity contribution in [2.75, 3.05) is 26.2 Å². The van der Waals surface area contributed by atoms with E-state index in [-0.39, 0.29) is 5.91 Å². The number of nitrogens with zero attached hydrogens (tertiary/aromatic N) is 4. The standard InChI is InChI=1S/C20H22ClN5OS/c21-18-6-5-16(28-18)2-1-7-25-8-9-26(19(27)12-25)20(22)14-3-4-15-11-23-13-24-17(15)10-14/h3-6,10-11,13,20H,1-2,7-9,12,22H2. The molecule has 0 aliphatic carbocycles. The van der Waals surface area contributed by atoms with Gasteiger partial charge < -0.3 is 10.6 Å². The minimum atomic E-state index is -0.456. The summed E-state index contributed by atoms with van der Waals surface area (Å²) in [6.07, 6.45) is 4.84. The van der Waals surface area contributed by atoms with Crippen molar-refractivity contribution < 1.29 is 4.79 Å². The maximum Gasteiger partial charge on any atom is 0.238 e. The van der Waals surface area contributed by atoms with Crippen LogP contribution >= 0.6 is 22.9 Å². The molecular formula is C20H22ClN5OS. The number of amides is 1. The molecule has 0 radical (unpaired) electrons. The van der Waals surface area contributed by atoms with Crippen molar-refractivity contribution in [1.82, 2.24) is 19.8 Å². The lowest BCUT2D eigenvalue weighted by Crippen LogP contribution is -2.53. The molecule has 6 nitrogen and oxygen atoms in total. The van der Waals surface area contributed by atoms with E-state index in [4.69, 9.17) is 17.3 Å². The topological polar surface area (TPSA) is 75.3 Å². The highest BCUT2D eigenvalue weighted by Gasteiger charge is 2.28. The molecule has 1 fully saturated rings. The van der Waals surface area contributed by atoms with E-state index in [1.54, 1.807) is 22.4 Å². The van der Waals surface area contributed by atoms with Gasteiger partial charge in [0.25, 0.3) is 0 Å². The summed E-state index contributed by atoms with van der Waals surface area (Å²) in [5.41, 5.74) is 8.13. The molecular weight excluding hydrogens is 394 g/mol. The monoisotopic (exact) mass is 415 g/mol. The molecule has 146 valence electrons. The molecule has 2 N–H and O–H groups in total. The minimum Gasteiger partial charge on any atom is -0.321 e. The van der Waals surface area contributed by atoms with Crippen molar-refractivity contribution in [3.05, 3.63) is 57.6 Å². The van der Waals surface area contributed by atoms with Crippen molar-refractivity contribution in [2.24, 2.45) is 5.73 Å². The van der Waals surface area contributed by atoms with Crippen LogP contribution in [0.4, 0.5) is 0 Å². The zero-order valence-corrected chi connectivity index (χ0v) is 17.0. The molecule has 1 saturated heterocycles. The summed E-state index contributed by atoms with van der Waals surface area (Å²) >= 11 is 7.60. The van der Waals surface area contributed by atoms with Crippen LogP contribution < -0.4 is 5.73 Å². The Morgan fingerprint density at radius 1 is 1.25 bits per heavy atom. The molecule has 2 aromatic heterocycles. The molecule has 4 rings (SSSR count). The number of hydrogen-bond acceptors (Lipinski definition) is 6. The Hall–Kier alpha value is -2.06. The number of halogens is 1. The van der Waals surface area contributed by atoms with Gasteiger partial charge in [-0.15, -0.1) is 11.3 Å². The van der Waals surface area contributed by atoms with Gasteiger partial charge in [-0.05, 0) is 43.1 Å². The summed E-state index contributed by atoms with van der Waals surface area (Å²) in [7, 11) is 0. The fourth-order valence-corrected chi connectivity index (χ4v) is 4.67. The van der Waals surface area contributed by atoms with E-state index in [1.807, 2.05) is 24.3 Å². The number of nitrogens with two attached hydrogens (primary N) is 1. The maximum atomic E-state index is 12.7. The second-order valence-corrected chi connectivity index (χ2v) is 8.76. The number of fused-ring (bicyclic) bond motifs is 1. The summed E-state index contributed by atoms with van der Waals surface area (Å²) in [4.78, 5) is 26.2. The molecule has 1 unspecified atom stereocenters. The third-order valence-corrected chi connectivity index (χ3v) is 6.36. The van der Waals surface area contributed by atoms with E-state index in [1.165, 1.54) is 11.2 Å². The summed E-state index contributed by atoms with van der Waals surface area (Å²) in [5, 5.41) is 0.960. The number of piperazine rings is 1. The van der Waals surface area contributed by atoms with Crippen molar-refractivity contribution in [3.63, 3.8) is 0 Å². The molecule has 1 aliphatic rings. The first kappa shape index (κ1) is 19.3. The van der Waals surface area contributed by atoms with Gasteiger partial charge in [0.1, 0.15) is 12.5 Å². The Kier molecular flexibility index (Phi) is 5.87. The summed E-state index contributed by atoms with van der Waals surface area (Å²) in [6.45, 7) is 2.78. The van der Waals surface area contributed by atoms with Gasteiger partial charge in [-0.1, -0.05) is 23.7 Å². The van der Waals surface area contributed by atoms with E-state index in [2.05, 4.69) is 20.9 Å². The molecule has 0 saturated carbocycles. The number of hydrogen-bond donors (Lipinski definition) is 1. The summed E-state index contributed by atoms with van der Waals surface area (Å²) < 4.78 is 0.827. The first-order chi connectivity index (χ1) is 13.6. The predicted octanol–water partition coefficient (Wildman–Crippen LogP) is 3.08. The summed E-state index contributed by atoms with van der Waals surface area (Å²) in [5.74, 6) is 0.0701. The largest absolute Gasteiger partial charge is 0.321 e. The van der Waals surface area contributed by atoms with E-state index < -0.39 is 6.17 Å². The van der Waals surface area contributed by atoms with E-state index in [0.29, 0.717) is 13.1 Å². The van der Waals surface area contributed by atoms with E-state index in [9.17, 15) is 4.79 Å². The number of rotatable bonds is 6. The van der Waals surface area contributed by atoms with Gasteiger partial charge in [-0.3, -0.25) is 9.69 Å². The number of aromatic nitrogens is 2. The average Bonchev–Trinajstić information content (AvgIpc) is 3.12. The minimum absolute atomic E-state index is 0.0701. The highest BCUT2D eigenvalue weighted by Crippen LogP contribution is 2.24. The average molecular weight is 416 g/mol. The SMILES string of the molecule is NC(c1ccc2cncnc2c1)N1CCN(CCCc2ccc(Cl)s2)CC1=O. The Morgan fingerprint density at radius 3 is 2.93 bits per heavy atom. The molecule has 1 aliphatic heterocycles. The van der Waals surface area contributed by atoms with Gasteiger partial charge in [0.2, 0.25) is 5.91 Å². The fourth-order valence-electron chi connectivity index (χ4n) is 3.54. The lowest BCUT2D eigenvalue weighted by molar-refractivity contribution is -0.138. The second kappa shape index (κ2) is 8.53. The number of aryl methyl sites for hydroxylation is 1. The fraction of sp³-hybridized carbons (Fsp3) is 0.350. The highest BCUT2D eigenvalue weighted by atomic mass is 35.5. The molecule has 0 bridgehead atoms. The van der Waals surface area contributed by atoms with Gasteiger partial charge in [-0.25, -0.2) is 9.97 Å². The van der Waals surface area contributed by atoms with Crippen LogP contribution in [0, 0.1) is 0 Å². The Bertz CT molecular complexity index is 978. The Balaban J connectivity index is 1.33. The lowest BCUT2D eigenvalue weighted by Gasteiger charge is -2.37. The molecule has 1 aromatic carbocycles. The zero-order valence-electron chi connectivity index (χ0n) is 15.4. The number of benzene rings is 1. The molecule has 3 heterocycles. The van der Waals surface area contributed by atoms with Crippen LogP contribution in [0.2, 0.25) is 4.34 Å². The molecule has 28 heavy (non-hydrogen) atoms. The van der Waals surface area contributed by atoms with Crippen molar-refractivity contribution >= 4 is 39.7 Å².